The number of hydrogen-bond donors (Lipinski definition) is 1. The van der Waals surface area contributed by atoms with Crippen LogP contribution in [0.4, 0.5) is 4.79 Å². The molecule has 1 aliphatic rings. The number of alkyl carbamates (subject to hydrolysis) is 1. The second-order valence-corrected chi connectivity index (χ2v) is 7.74. The maximum absolute atomic E-state index is 12.6. The van der Waals surface area contributed by atoms with E-state index in [1.165, 1.54) is 4.90 Å². The Hall–Kier alpha value is -1.59. The van der Waals surface area contributed by atoms with Crippen molar-refractivity contribution in [3.8, 4) is 0 Å². The van der Waals surface area contributed by atoms with Gasteiger partial charge in [0.1, 0.15) is 11.6 Å². The molecule has 1 atom stereocenters. The van der Waals surface area contributed by atoms with Crippen molar-refractivity contribution < 1.29 is 19.1 Å². The third-order valence-corrected chi connectivity index (χ3v) is 3.27. The molecule has 0 unspecified atom stereocenters. The fourth-order valence-corrected chi connectivity index (χ4v) is 2.23. The Morgan fingerprint density at radius 2 is 1.73 bits per heavy atom. The molecular formula is C16H28N2O4. The Morgan fingerprint density at radius 3 is 2.23 bits per heavy atom. The summed E-state index contributed by atoms with van der Waals surface area (Å²) >= 11 is 0. The molecule has 126 valence electrons. The molecule has 0 spiro atoms. The Labute approximate surface area is 132 Å². The largest absolute Gasteiger partial charge is 0.444 e. The quantitative estimate of drug-likeness (QED) is 0.807. The highest BCUT2D eigenvalue weighted by molar-refractivity contribution is 6.00. The molecule has 1 saturated heterocycles. The highest BCUT2D eigenvalue weighted by Gasteiger charge is 2.37. The molecule has 3 amide bonds. The standard InChI is InChI=1S/C16H28N2O4/c1-15(2,3)13(20)18-10-8-7-9-11(12(18)19)17-14(21)22-16(4,5)6/h11H,7-10H2,1-6H3,(H,17,21)/t11-/m1/s1. The zero-order chi connectivity index (χ0) is 17.1. The molecular weight excluding hydrogens is 284 g/mol. The van der Waals surface area contributed by atoms with E-state index >= 15 is 0 Å². The number of nitrogens with zero attached hydrogens (tertiary/aromatic N) is 1. The fraction of sp³-hybridized carbons (Fsp3) is 0.812. The molecule has 1 aliphatic heterocycles. The minimum atomic E-state index is -0.705. The van der Waals surface area contributed by atoms with E-state index < -0.39 is 23.2 Å². The second kappa shape index (κ2) is 6.67. The van der Waals surface area contributed by atoms with E-state index in [-0.39, 0.29) is 11.8 Å². The molecule has 0 bridgehead atoms. The van der Waals surface area contributed by atoms with Crippen LogP contribution in [-0.4, -0.2) is 41.0 Å². The summed E-state index contributed by atoms with van der Waals surface area (Å²) < 4.78 is 5.19. The third kappa shape index (κ3) is 5.31. The number of amides is 3. The predicted octanol–water partition coefficient (Wildman–Crippen LogP) is 2.46. The first-order valence-electron chi connectivity index (χ1n) is 7.77. The molecule has 1 rings (SSSR count). The van der Waals surface area contributed by atoms with Crippen LogP contribution in [0.2, 0.25) is 0 Å². The van der Waals surface area contributed by atoms with Crippen LogP contribution in [0.1, 0.15) is 60.8 Å². The number of rotatable bonds is 1. The highest BCUT2D eigenvalue weighted by atomic mass is 16.6. The number of ether oxygens (including phenoxy) is 1. The summed E-state index contributed by atoms with van der Waals surface area (Å²) in [6.07, 6.45) is 1.42. The summed E-state index contributed by atoms with van der Waals surface area (Å²) in [4.78, 5) is 38.1. The molecule has 0 aromatic carbocycles. The molecule has 0 saturated carbocycles. The summed E-state index contributed by atoms with van der Waals surface area (Å²) in [7, 11) is 0. The molecule has 0 aliphatic carbocycles. The zero-order valence-corrected chi connectivity index (χ0v) is 14.5. The van der Waals surface area contributed by atoms with Gasteiger partial charge in [-0.3, -0.25) is 14.5 Å². The smallest absolute Gasteiger partial charge is 0.408 e. The van der Waals surface area contributed by atoms with Gasteiger partial charge in [0.05, 0.1) is 0 Å². The molecule has 1 fully saturated rings. The van der Waals surface area contributed by atoms with Crippen molar-refractivity contribution in [2.45, 2.75) is 72.4 Å². The number of likely N-dealkylation sites (tertiary alicyclic amines) is 1. The normalized spacial score (nSPS) is 20.4. The van der Waals surface area contributed by atoms with Gasteiger partial charge in [0.2, 0.25) is 5.91 Å². The lowest BCUT2D eigenvalue weighted by molar-refractivity contribution is -0.150. The SMILES string of the molecule is CC(C)(C)OC(=O)N[C@@H]1CCCCN(C(=O)C(C)(C)C)C1=O. The Balaban J connectivity index is 2.81. The Bertz CT molecular complexity index is 446. The van der Waals surface area contributed by atoms with Crippen LogP contribution >= 0.6 is 0 Å². The lowest BCUT2D eigenvalue weighted by atomic mass is 9.94. The second-order valence-electron chi connectivity index (χ2n) is 7.74. The van der Waals surface area contributed by atoms with Gasteiger partial charge < -0.3 is 10.1 Å². The monoisotopic (exact) mass is 312 g/mol. The van der Waals surface area contributed by atoms with E-state index in [0.717, 1.165) is 12.8 Å². The first kappa shape index (κ1) is 18.5. The topological polar surface area (TPSA) is 75.7 Å². The average molecular weight is 312 g/mol. The summed E-state index contributed by atoms with van der Waals surface area (Å²) in [6, 6.07) is -0.705. The maximum atomic E-state index is 12.6. The molecule has 6 nitrogen and oxygen atoms in total. The molecule has 0 aromatic rings. The van der Waals surface area contributed by atoms with Crippen LogP contribution in [0.5, 0.6) is 0 Å². The summed E-state index contributed by atoms with van der Waals surface area (Å²) in [5, 5.41) is 2.60. The van der Waals surface area contributed by atoms with E-state index in [1.54, 1.807) is 41.5 Å². The Kier molecular flexibility index (Phi) is 5.59. The van der Waals surface area contributed by atoms with E-state index in [2.05, 4.69) is 5.32 Å². The number of hydrogen-bond acceptors (Lipinski definition) is 4. The first-order chi connectivity index (χ1) is 9.92. The van der Waals surface area contributed by atoms with Crippen molar-refractivity contribution in [2.24, 2.45) is 5.41 Å². The van der Waals surface area contributed by atoms with Gasteiger partial charge in [0, 0.05) is 12.0 Å². The molecule has 22 heavy (non-hydrogen) atoms. The lowest BCUT2D eigenvalue weighted by Gasteiger charge is -2.29. The van der Waals surface area contributed by atoms with E-state index in [1.807, 2.05) is 0 Å². The number of imide groups is 1. The van der Waals surface area contributed by atoms with Crippen LogP contribution < -0.4 is 5.32 Å². The van der Waals surface area contributed by atoms with Crippen LogP contribution in [0.3, 0.4) is 0 Å². The van der Waals surface area contributed by atoms with Gasteiger partial charge in [-0.1, -0.05) is 20.8 Å². The zero-order valence-electron chi connectivity index (χ0n) is 14.5. The maximum Gasteiger partial charge on any atom is 0.408 e. The van der Waals surface area contributed by atoms with Gasteiger partial charge in [-0.2, -0.15) is 0 Å². The fourth-order valence-electron chi connectivity index (χ4n) is 2.23. The predicted molar refractivity (Wildman–Crippen MR) is 83.2 cm³/mol. The summed E-state index contributed by atoms with van der Waals surface area (Å²) in [5.74, 6) is -0.557. The van der Waals surface area contributed by atoms with E-state index in [0.29, 0.717) is 13.0 Å². The van der Waals surface area contributed by atoms with Crippen LogP contribution in [-0.2, 0) is 14.3 Å². The van der Waals surface area contributed by atoms with E-state index in [9.17, 15) is 14.4 Å². The summed E-state index contributed by atoms with van der Waals surface area (Å²) in [6.45, 7) is 11.0. The van der Waals surface area contributed by atoms with Crippen LogP contribution in [0.25, 0.3) is 0 Å². The van der Waals surface area contributed by atoms with Crippen LogP contribution in [0.15, 0.2) is 0 Å². The van der Waals surface area contributed by atoms with Crippen molar-refractivity contribution in [1.82, 2.24) is 10.2 Å². The summed E-state index contributed by atoms with van der Waals surface area (Å²) in [5.41, 5.74) is -1.25. The molecule has 1 heterocycles. The average Bonchev–Trinajstić information content (AvgIpc) is 2.48. The van der Waals surface area contributed by atoms with Crippen molar-refractivity contribution in [3.63, 3.8) is 0 Å². The van der Waals surface area contributed by atoms with Gasteiger partial charge in [-0.25, -0.2) is 4.79 Å². The Morgan fingerprint density at radius 1 is 1.14 bits per heavy atom. The van der Waals surface area contributed by atoms with Crippen LogP contribution in [0, 0.1) is 5.41 Å². The van der Waals surface area contributed by atoms with Gasteiger partial charge in [0.15, 0.2) is 0 Å². The minimum absolute atomic E-state index is 0.213. The van der Waals surface area contributed by atoms with Gasteiger partial charge in [0.25, 0.3) is 5.91 Å². The first-order valence-corrected chi connectivity index (χ1v) is 7.77. The molecule has 0 aromatic heterocycles. The molecule has 0 radical (unpaired) electrons. The molecule has 1 N–H and O–H groups in total. The van der Waals surface area contributed by atoms with Crippen molar-refractivity contribution in [1.29, 1.82) is 0 Å². The van der Waals surface area contributed by atoms with Crippen molar-refractivity contribution in [2.75, 3.05) is 6.54 Å². The van der Waals surface area contributed by atoms with Crippen molar-refractivity contribution >= 4 is 17.9 Å². The lowest BCUT2D eigenvalue weighted by Crippen LogP contribution is -2.52. The molecule has 6 heteroatoms. The number of carbonyl (C=O) groups excluding carboxylic acids is 3. The highest BCUT2D eigenvalue weighted by Crippen LogP contribution is 2.21. The van der Waals surface area contributed by atoms with Gasteiger partial charge >= 0.3 is 6.09 Å². The number of carbonyl (C=O) groups is 3. The third-order valence-electron chi connectivity index (χ3n) is 3.27. The van der Waals surface area contributed by atoms with E-state index in [4.69, 9.17) is 4.74 Å². The van der Waals surface area contributed by atoms with Gasteiger partial charge in [-0.05, 0) is 40.0 Å². The van der Waals surface area contributed by atoms with Gasteiger partial charge in [-0.15, -0.1) is 0 Å². The number of nitrogens with one attached hydrogen (secondary N) is 1. The van der Waals surface area contributed by atoms with Crippen molar-refractivity contribution in [3.05, 3.63) is 0 Å². The minimum Gasteiger partial charge on any atom is -0.444 e.